The van der Waals surface area contributed by atoms with E-state index in [0.29, 0.717) is 12.8 Å². The van der Waals surface area contributed by atoms with Crippen LogP contribution in [0.5, 0.6) is 0 Å². The molecule has 0 aliphatic rings. The van der Waals surface area contributed by atoms with E-state index in [4.69, 9.17) is 19.1 Å². The molecule has 0 fully saturated rings. The van der Waals surface area contributed by atoms with Crippen molar-refractivity contribution in [3.63, 3.8) is 0 Å². The molecule has 0 aliphatic heterocycles. The number of aliphatic hydroxyl groups is 2. The third-order valence-corrected chi connectivity index (χ3v) is 10.5. The zero-order valence-corrected chi connectivity index (χ0v) is 34.4. The van der Waals surface area contributed by atoms with E-state index in [1.807, 2.05) is 0 Å². The molecular weight excluding hydrogens is 683 g/mol. The van der Waals surface area contributed by atoms with Crippen LogP contribution in [0.3, 0.4) is 0 Å². The van der Waals surface area contributed by atoms with Crippen LogP contribution in [0, 0.1) is 0 Å². The van der Waals surface area contributed by atoms with E-state index in [0.717, 1.165) is 38.5 Å². The highest BCUT2D eigenvalue weighted by atomic mass is 31.2. The van der Waals surface area contributed by atoms with Crippen molar-refractivity contribution in [3.05, 3.63) is 0 Å². The Labute approximate surface area is 318 Å². The number of hydrogen-bond donors (Lipinski definition) is 3. The molecule has 0 spiro atoms. The highest BCUT2D eigenvalue weighted by Crippen LogP contribution is 2.43. The number of carbonyl (C=O) groups excluding carboxylic acids is 2. The molecule has 0 aromatic carbocycles. The quantitative estimate of drug-likeness (QED) is 0.0312. The number of hydrogen-bond acceptors (Lipinski definition) is 9. The van der Waals surface area contributed by atoms with Crippen LogP contribution >= 0.6 is 7.82 Å². The second kappa shape index (κ2) is 38.3. The third-order valence-electron chi connectivity index (χ3n) is 9.51. The topological polar surface area (TPSA) is 149 Å². The van der Waals surface area contributed by atoms with Crippen LogP contribution < -0.4 is 0 Å². The summed E-state index contributed by atoms with van der Waals surface area (Å²) in [5.74, 6) is -0.910. The molecule has 0 saturated carbocycles. The number of unbranched alkanes of at least 4 members (excludes halogenated alkanes) is 27. The van der Waals surface area contributed by atoms with Crippen LogP contribution in [0.25, 0.3) is 0 Å². The number of aliphatic hydroxyl groups excluding tert-OH is 2. The van der Waals surface area contributed by atoms with E-state index in [1.54, 1.807) is 0 Å². The zero-order chi connectivity index (χ0) is 38.4. The van der Waals surface area contributed by atoms with E-state index in [9.17, 15) is 24.2 Å². The minimum Gasteiger partial charge on any atom is -0.462 e. The highest BCUT2D eigenvalue weighted by Gasteiger charge is 2.27. The van der Waals surface area contributed by atoms with E-state index in [1.165, 1.54) is 135 Å². The fraction of sp³-hybridized carbons (Fsp3) is 0.951. The Morgan fingerprint density at radius 1 is 0.500 bits per heavy atom. The summed E-state index contributed by atoms with van der Waals surface area (Å²) < 4.78 is 32.7. The van der Waals surface area contributed by atoms with Crippen LogP contribution in [0.2, 0.25) is 0 Å². The predicted octanol–water partition coefficient (Wildman–Crippen LogP) is 11.1. The first-order valence-corrected chi connectivity index (χ1v) is 23.0. The predicted molar refractivity (Wildman–Crippen MR) is 210 cm³/mol. The fourth-order valence-corrected chi connectivity index (χ4v) is 6.96. The molecule has 0 rings (SSSR count). The van der Waals surface area contributed by atoms with Crippen molar-refractivity contribution in [2.45, 2.75) is 225 Å². The summed E-state index contributed by atoms with van der Waals surface area (Å²) >= 11 is 0. The molecule has 3 unspecified atom stereocenters. The Morgan fingerprint density at radius 3 is 1.19 bits per heavy atom. The molecule has 0 radical (unpaired) electrons. The Morgan fingerprint density at radius 2 is 0.827 bits per heavy atom. The van der Waals surface area contributed by atoms with Gasteiger partial charge in [0.05, 0.1) is 19.8 Å². The van der Waals surface area contributed by atoms with Crippen LogP contribution in [-0.2, 0) is 32.7 Å². The largest absolute Gasteiger partial charge is 0.472 e. The molecule has 0 aromatic heterocycles. The first-order chi connectivity index (χ1) is 25.2. The van der Waals surface area contributed by atoms with Crippen LogP contribution in [0.4, 0.5) is 0 Å². The summed E-state index contributed by atoms with van der Waals surface area (Å²) in [4.78, 5) is 34.9. The molecule has 0 bridgehead atoms. The first-order valence-electron chi connectivity index (χ1n) is 21.5. The van der Waals surface area contributed by atoms with Crippen molar-refractivity contribution >= 4 is 19.8 Å². The molecule has 0 amide bonds. The molecule has 11 heteroatoms. The fourth-order valence-electron chi connectivity index (χ4n) is 6.17. The van der Waals surface area contributed by atoms with Gasteiger partial charge in [0.15, 0.2) is 6.10 Å². The summed E-state index contributed by atoms with van der Waals surface area (Å²) in [6.45, 7) is 2.41. The van der Waals surface area contributed by atoms with Gasteiger partial charge >= 0.3 is 19.8 Å². The Hall–Kier alpha value is -1.03. The molecule has 0 aliphatic carbocycles. The van der Waals surface area contributed by atoms with Gasteiger partial charge in [-0.2, -0.15) is 0 Å². The average Bonchev–Trinajstić information content (AvgIpc) is 3.13. The Bertz CT molecular complexity index is 842. The lowest BCUT2D eigenvalue weighted by molar-refractivity contribution is -0.161. The lowest BCUT2D eigenvalue weighted by atomic mass is 10.0. The molecule has 52 heavy (non-hydrogen) atoms. The molecule has 0 aromatic rings. The van der Waals surface area contributed by atoms with Crippen molar-refractivity contribution in [2.75, 3.05) is 26.4 Å². The molecule has 3 N–H and O–H groups in total. The van der Waals surface area contributed by atoms with E-state index >= 15 is 0 Å². The first kappa shape index (κ1) is 51.0. The number of phosphoric acid groups is 1. The summed E-state index contributed by atoms with van der Waals surface area (Å²) in [7, 11) is -4.61. The average molecular weight is 765 g/mol. The smallest absolute Gasteiger partial charge is 0.462 e. The SMILES string of the molecule is CCCCCCCCCCCCCCCCCCCC(=O)OC(COC(=O)CCCCCCCCCCCCCC)COP(=O)(O)OCC(O)CO. The van der Waals surface area contributed by atoms with Gasteiger partial charge in [-0.25, -0.2) is 4.57 Å². The van der Waals surface area contributed by atoms with E-state index in [2.05, 4.69) is 18.4 Å². The van der Waals surface area contributed by atoms with Crippen LogP contribution in [0.15, 0.2) is 0 Å². The Kier molecular flexibility index (Phi) is 37.5. The monoisotopic (exact) mass is 765 g/mol. The summed E-state index contributed by atoms with van der Waals surface area (Å²) in [5.41, 5.74) is 0. The maximum absolute atomic E-state index is 12.6. The molecule has 310 valence electrons. The summed E-state index contributed by atoms with van der Waals surface area (Å²) in [6, 6.07) is 0. The van der Waals surface area contributed by atoms with Gasteiger partial charge in [-0.05, 0) is 12.8 Å². The third kappa shape index (κ3) is 37.3. The van der Waals surface area contributed by atoms with Gasteiger partial charge in [0.1, 0.15) is 12.7 Å². The van der Waals surface area contributed by atoms with Gasteiger partial charge in [0, 0.05) is 12.8 Å². The van der Waals surface area contributed by atoms with Gasteiger partial charge in [-0.3, -0.25) is 18.6 Å². The molecule has 0 heterocycles. The second-order valence-corrected chi connectivity index (χ2v) is 16.2. The lowest BCUT2D eigenvalue weighted by Crippen LogP contribution is -2.29. The number of esters is 2. The lowest BCUT2D eigenvalue weighted by Gasteiger charge is -2.20. The van der Waals surface area contributed by atoms with Crippen molar-refractivity contribution < 1.29 is 47.8 Å². The number of phosphoric ester groups is 1. The van der Waals surface area contributed by atoms with E-state index < -0.39 is 51.8 Å². The van der Waals surface area contributed by atoms with Crippen molar-refractivity contribution in [3.8, 4) is 0 Å². The number of carbonyl (C=O) groups is 2. The zero-order valence-electron chi connectivity index (χ0n) is 33.6. The number of ether oxygens (including phenoxy) is 2. The van der Waals surface area contributed by atoms with Crippen molar-refractivity contribution in [2.24, 2.45) is 0 Å². The summed E-state index contributed by atoms with van der Waals surface area (Å²) in [6.07, 6.45) is 33.5. The highest BCUT2D eigenvalue weighted by molar-refractivity contribution is 7.47. The maximum atomic E-state index is 12.6. The minimum atomic E-state index is -4.61. The minimum absolute atomic E-state index is 0.192. The van der Waals surface area contributed by atoms with Crippen LogP contribution in [-0.4, -0.2) is 65.7 Å². The molecular formula is C41H81O10P. The molecule has 0 saturated heterocycles. The van der Waals surface area contributed by atoms with E-state index in [-0.39, 0.29) is 19.4 Å². The summed E-state index contributed by atoms with van der Waals surface area (Å²) in [5, 5.41) is 18.3. The van der Waals surface area contributed by atoms with Crippen molar-refractivity contribution in [1.29, 1.82) is 0 Å². The molecule has 3 atom stereocenters. The number of rotatable bonds is 41. The van der Waals surface area contributed by atoms with Gasteiger partial charge in [-0.1, -0.05) is 187 Å². The standard InChI is InChI=1S/C41H81O10P/c1-3-5-7-9-11-13-15-17-18-19-20-21-23-25-27-29-31-33-41(45)51-39(37-50-52(46,47)49-35-38(43)34-42)36-48-40(44)32-30-28-26-24-22-16-14-12-10-8-6-4-2/h38-39,42-43H,3-37H2,1-2H3,(H,46,47). The van der Waals surface area contributed by atoms with Gasteiger partial charge < -0.3 is 24.6 Å². The van der Waals surface area contributed by atoms with Crippen molar-refractivity contribution in [1.82, 2.24) is 0 Å². The maximum Gasteiger partial charge on any atom is 0.472 e. The van der Waals surface area contributed by atoms with Gasteiger partial charge in [0.25, 0.3) is 0 Å². The van der Waals surface area contributed by atoms with Crippen LogP contribution in [0.1, 0.15) is 213 Å². The Balaban J connectivity index is 4.24. The van der Waals surface area contributed by atoms with Gasteiger partial charge in [0.2, 0.25) is 0 Å². The van der Waals surface area contributed by atoms with Gasteiger partial charge in [-0.15, -0.1) is 0 Å². The normalized spacial score (nSPS) is 13.9. The molecule has 10 nitrogen and oxygen atoms in total. The second-order valence-electron chi connectivity index (χ2n) is 14.7.